The van der Waals surface area contributed by atoms with Gasteiger partial charge in [0.1, 0.15) is 8.07 Å². The zero-order valence-electron chi connectivity index (χ0n) is 28.1. The molecule has 0 radical (unpaired) electrons. The maximum Gasteiger partial charge on any atom is 0.113 e. The molecule has 0 bridgehead atoms. The van der Waals surface area contributed by atoms with E-state index in [-0.39, 0.29) is 5.41 Å². The SMILES string of the molecule is CC1(C)c2ccccc2-c2ccc(-c3c4ccccc4c(C4=C5C=CC=CC5CC=C4)c4cc5c(cc34)-c3ccccc3[Si]5(C)C)cc21. The molecule has 10 rings (SSSR count). The molecule has 1 aliphatic heterocycles. The van der Waals surface area contributed by atoms with E-state index in [1.165, 1.54) is 82.8 Å². The van der Waals surface area contributed by atoms with Crippen molar-refractivity contribution in [1.29, 1.82) is 0 Å². The minimum Gasteiger partial charge on any atom is -0.0830 e. The summed E-state index contributed by atoms with van der Waals surface area (Å²) in [7, 11) is -1.90. The molecular weight excluding hydrogens is 593 g/mol. The molecule has 6 aromatic rings. The van der Waals surface area contributed by atoms with E-state index in [2.05, 4.69) is 167 Å². The van der Waals surface area contributed by atoms with Gasteiger partial charge < -0.3 is 0 Å². The topological polar surface area (TPSA) is 0 Å². The Balaban J connectivity index is 1.35. The second-order valence-corrected chi connectivity index (χ2v) is 19.5. The van der Waals surface area contributed by atoms with E-state index < -0.39 is 8.07 Å². The van der Waals surface area contributed by atoms with E-state index in [9.17, 15) is 0 Å². The van der Waals surface area contributed by atoms with Crippen LogP contribution < -0.4 is 10.4 Å². The summed E-state index contributed by atoms with van der Waals surface area (Å²) in [4.78, 5) is 0. The predicted octanol–water partition coefficient (Wildman–Crippen LogP) is 11.2. The van der Waals surface area contributed by atoms with E-state index in [4.69, 9.17) is 0 Å². The number of hydrogen-bond acceptors (Lipinski definition) is 0. The number of fused-ring (bicyclic) bond motifs is 9. The Hall–Kier alpha value is -4.98. The largest absolute Gasteiger partial charge is 0.113 e. The molecule has 0 aromatic heterocycles. The fourth-order valence-corrected chi connectivity index (χ4v) is 12.6. The second kappa shape index (κ2) is 9.78. The van der Waals surface area contributed by atoms with Gasteiger partial charge in [0.2, 0.25) is 0 Å². The first-order valence-electron chi connectivity index (χ1n) is 17.5. The summed E-state index contributed by atoms with van der Waals surface area (Å²) in [6.45, 7) is 9.86. The fourth-order valence-electron chi connectivity index (χ4n) is 9.57. The molecule has 6 aromatic carbocycles. The van der Waals surface area contributed by atoms with Crippen LogP contribution >= 0.6 is 0 Å². The van der Waals surface area contributed by atoms with E-state index in [1.54, 1.807) is 10.4 Å². The maximum atomic E-state index is 2.63. The van der Waals surface area contributed by atoms with Crippen molar-refractivity contribution < 1.29 is 0 Å². The van der Waals surface area contributed by atoms with Gasteiger partial charge in [-0.3, -0.25) is 0 Å². The average Bonchev–Trinajstić information content (AvgIpc) is 3.48. The van der Waals surface area contributed by atoms with Gasteiger partial charge in [-0.15, -0.1) is 0 Å². The number of rotatable bonds is 2. The molecule has 0 saturated carbocycles. The van der Waals surface area contributed by atoms with E-state index in [0.717, 1.165) is 6.42 Å². The van der Waals surface area contributed by atoms with Crippen LogP contribution in [0.1, 0.15) is 37.0 Å². The van der Waals surface area contributed by atoms with Gasteiger partial charge in [0.05, 0.1) is 0 Å². The Bertz CT molecular complexity index is 2530. The van der Waals surface area contributed by atoms with Crippen LogP contribution in [0.25, 0.3) is 60.5 Å². The first kappa shape index (κ1) is 28.1. The van der Waals surface area contributed by atoms with Crippen molar-refractivity contribution in [2.45, 2.75) is 38.8 Å². The third kappa shape index (κ3) is 3.66. The summed E-state index contributed by atoms with van der Waals surface area (Å²) in [5, 5.41) is 8.53. The van der Waals surface area contributed by atoms with E-state index in [0.29, 0.717) is 5.92 Å². The van der Waals surface area contributed by atoms with Crippen molar-refractivity contribution >= 4 is 45.6 Å². The van der Waals surface area contributed by atoms with Crippen LogP contribution in [0.4, 0.5) is 0 Å². The monoisotopic (exact) mass is 630 g/mol. The Kier molecular flexibility index (Phi) is 5.72. The first-order valence-corrected chi connectivity index (χ1v) is 20.5. The highest BCUT2D eigenvalue weighted by atomic mass is 28.3. The molecule has 0 saturated heterocycles. The molecule has 3 aliphatic carbocycles. The van der Waals surface area contributed by atoms with Crippen molar-refractivity contribution in [3.63, 3.8) is 0 Å². The van der Waals surface area contributed by atoms with Crippen molar-refractivity contribution in [3.8, 4) is 33.4 Å². The smallest absolute Gasteiger partial charge is 0.0830 e. The van der Waals surface area contributed by atoms with Gasteiger partial charge in [-0.1, -0.05) is 154 Å². The number of allylic oxidation sites excluding steroid dienone is 8. The molecule has 1 heteroatoms. The van der Waals surface area contributed by atoms with Gasteiger partial charge in [-0.2, -0.15) is 0 Å². The lowest BCUT2D eigenvalue weighted by atomic mass is 9.77. The quantitative estimate of drug-likeness (QED) is 0.132. The standard InChI is InChI=1S/C47H38Si/c1-47(2)41-22-11-9-17-32(41)33-25-24-30(26-42(33)47)45-36-19-7-8-20-37(36)46(35-21-13-15-29-14-5-6-16-31(29)35)40-28-44-38(27-39(40)45)34-18-10-12-23-43(34)48(44,3)4/h5-14,16-29H,15H2,1-4H3. The summed E-state index contributed by atoms with van der Waals surface area (Å²) >= 11 is 0. The summed E-state index contributed by atoms with van der Waals surface area (Å²) in [5.74, 6) is 0.425. The van der Waals surface area contributed by atoms with Gasteiger partial charge in [-0.05, 0) is 112 Å². The Morgan fingerprint density at radius 3 is 2.15 bits per heavy atom. The van der Waals surface area contributed by atoms with Crippen molar-refractivity contribution in [3.05, 3.63) is 162 Å². The first-order chi connectivity index (χ1) is 23.3. The lowest BCUT2D eigenvalue weighted by Gasteiger charge is -2.27. The Morgan fingerprint density at radius 1 is 0.583 bits per heavy atom. The third-order valence-electron chi connectivity index (χ3n) is 12.0. The second-order valence-electron chi connectivity index (χ2n) is 15.2. The predicted molar refractivity (Wildman–Crippen MR) is 209 cm³/mol. The van der Waals surface area contributed by atoms with Crippen LogP contribution in [0, 0.1) is 5.92 Å². The minimum absolute atomic E-state index is 0.0570. The third-order valence-corrected chi connectivity index (χ3v) is 15.5. The molecule has 0 spiro atoms. The van der Waals surface area contributed by atoms with E-state index in [1.807, 2.05) is 0 Å². The van der Waals surface area contributed by atoms with Crippen LogP contribution in [-0.2, 0) is 5.41 Å². The normalized spacial score (nSPS) is 19.0. The molecule has 0 N–H and O–H groups in total. The number of hydrogen-bond donors (Lipinski definition) is 0. The fraction of sp³-hybridized carbons (Fsp3) is 0.149. The van der Waals surface area contributed by atoms with Crippen molar-refractivity contribution in [2.75, 3.05) is 0 Å². The molecular formula is C47H38Si. The van der Waals surface area contributed by atoms with Crippen LogP contribution in [0.2, 0.25) is 13.1 Å². The van der Waals surface area contributed by atoms with Crippen LogP contribution in [0.5, 0.6) is 0 Å². The molecule has 1 atom stereocenters. The molecule has 0 fully saturated rings. The molecule has 1 heterocycles. The highest BCUT2D eigenvalue weighted by Crippen LogP contribution is 2.52. The van der Waals surface area contributed by atoms with Gasteiger partial charge in [0, 0.05) is 11.3 Å². The summed E-state index contributed by atoms with van der Waals surface area (Å²) < 4.78 is 0. The maximum absolute atomic E-state index is 2.63. The van der Waals surface area contributed by atoms with Crippen molar-refractivity contribution in [1.82, 2.24) is 0 Å². The summed E-state index contributed by atoms with van der Waals surface area (Å²) in [6, 6.07) is 39.9. The molecule has 4 aliphatic rings. The molecule has 0 nitrogen and oxygen atoms in total. The van der Waals surface area contributed by atoms with E-state index >= 15 is 0 Å². The Morgan fingerprint density at radius 2 is 1.29 bits per heavy atom. The van der Waals surface area contributed by atoms with Gasteiger partial charge in [0.25, 0.3) is 0 Å². The average molecular weight is 631 g/mol. The lowest BCUT2D eigenvalue weighted by molar-refractivity contribution is 0.660. The lowest BCUT2D eigenvalue weighted by Crippen LogP contribution is -2.49. The molecule has 1 unspecified atom stereocenters. The zero-order chi connectivity index (χ0) is 32.4. The van der Waals surface area contributed by atoms with Crippen LogP contribution in [-0.4, -0.2) is 8.07 Å². The highest BCUT2D eigenvalue weighted by Gasteiger charge is 2.39. The molecule has 0 amide bonds. The Labute approximate surface area is 284 Å². The number of benzene rings is 6. The van der Waals surface area contributed by atoms with Gasteiger partial charge >= 0.3 is 0 Å². The van der Waals surface area contributed by atoms with Gasteiger partial charge in [-0.25, -0.2) is 0 Å². The molecule has 48 heavy (non-hydrogen) atoms. The summed E-state index contributed by atoms with van der Waals surface area (Å²) in [6.07, 6.45) is 15.0. The molecule has 230 valence electrons. The van der Waals surface area contributed by atoms with Crippen molar-refractivity contribution in [2.24, 2.45) is 5.92 Å². The van der Waals surface area contributed by atoms with Crippen LogP contribution in [0.3, 0.4) is 0 Å². The minimum atomic E-state index is -1.90. The van der Waals surface area contributed by atoms with Crippen LogP contribution in [0.15, 0.2) is 145 Å². The zero-order valence-corrected chi connectivity index (χ0v) is 29.1. The highest BCUT2D eigenvalue weighted by molar-refractivity contribution is 7.04. The van der Waals surface area contributed by atoms with Gasteiger partial charge in [0.15, 0.2) is 0 Å². The summed E-state index contributed by atoms with van der Waals surface area (Å²) in [5.41, 5.74) is 15.3.